The average Bonchev–Trinajstić information content (AvgIpc) is 2.43. The number of Topliss-reactive ketones (excluding diaryl/α,β-unsaturated/α-hetero) is 1. The molecule has 0 radical (unpaired) electrons. The Balaban J connectivity index is 3.87. The normalized spacial score (nSPS) is 11.5. The molecule has 0 fully saturated rings. The largest absolute Gasteiger partial charge is 0.356 e. The summed E-state index contributed by atoms with van der Waals surface area (Å²) in [5.41, 5.74) is 0. The van der Waals surface area contributed by atoms with E-state index in [1.165, 1.54) is 18.7 Å². The monoisotopic (exact) mass is 327 g/mol. The quantitative estimate of drug-likeness (QED) is 0.582. The third kappa shape index (κ3) is 11.3. The Morgan fingerprint density at radius 2 is 1.70 bits per heavy atom. The lowest BCUT2D eigenvalue weighted by Gasteiger charge is -2.20. The second-order valence-electron chi connectivity index (χ2n) is 5.70. The Morgan fingerprint density at radius 3 is 2.22 bits per heavy atom. The molecule has 0 aliphatic rings. The first-order chi connectivity index (χ1) is 10.8. The fourth-order valence-corrected chi connectivity index (χ4v) is 2.05. The van der Waals surface area contributed by atoms with Crippen molar-refractivity contribution in [2.75, 3.05) is 19.6 Å². The molecule has 1 unspecified atom stereocenters. The summed E-state index contributed by atoms with van der Waals surface area (Å²) in [6.45, 7) is 7.54. The van der Waals surface area contributed by atoms with Crippen molar-refractivity contribution in [1.29, 1.82) is 0 Å². The lowest BCUT2D eigenvalue weighted by molar-refractivity contribution is -0.134. The number of carbonyl (C=O) groups is 4. The van der Waals surface area contributed by atoms with Gasteiger partial charge in [0.1, 0.15) is 5.78 Å². The number of likely N-dealkylation sites (N-methyl/N-ethyl adjacent to an activating group) is 1. The van der Waals surface area contributed by atoms with Crippen LogP contribution >= 0.6 is 0 Å². The van der Waals surface area contributed by atoms with Crippen molar-refractivity contribution >= 4 is 23.5 Å². The van der Waals surface area contributed by atoms with E-state index in [-0.39, 0.29) is 36.1 Å². The summed E-state index contributed by atoms with van der Waals surface area (Å²) in [7, 11) is 0. The second-order valence-corrected chi connectivity index (χ2v) is 5.70. The van der Waals surface area contributed by atoms with Crippen LogP contribution in [0.4, 0.5) is 0 Å². The summed E-state index contributed by atoms with van der Waals surface area (Å²) in [6.07, 6.45) is 2.05. The highest BCUT2D eigenvalue weighted by Gasteiger charge is 2.13. The van der Waals surface area contributed by atoms with E-state index in [4.69, 9.17) is 0 Å². The SMILES string of the molecule is CCN(CC(=O)NC(C)CCCC(=O)NCCC(C)=O)C(C)=O. The van der Waals surface area contributed by atoms with Crippen LogP contribution in [0.5, 0.6) is 0 Å². The van der Waals surface area contributed by atoms with Gasteiger partial charge in [0.15, 0.2) is 0 Å². The van der Waals surface area contributed by atoms with Gasteiger partial charge in [0.25, 0.3) is 0 Å². The molecule has 7 heteroatoms. The van der Waals surface area contributed by atoms with E-state index in [2.05, 4.69) is 10.6 Å². The lowest BCUT2D eigenvalue weighted by atomic mass is 10.1. The van der Waals surface area contributed by atoms with Crippen molar-refractivity contribution in [3.05, 3.63) is 0 Å². The third-order valence-corrected chi connectivity index (χ3v) is 3.41. The second kappa shape index (κ2) is 11.6. The third-order valence-electron chi connectivity index (χ3n) is 3.41. The minimum Gasteiger partial charge on any atom is -0.356 e. The van der Waals surface area contributed by atoms with E-state index in [0.29, 0.717) is 38.8 Å². The standard InChI is InChI=1S/C16H29N3O4/c1-5-19(14(4)21)11-16(23)18-12(2)7-6-8-15(22)17-10-9-13(3)20/h12H,5-11H2,1-4H3,(H,17,22)(H,18,23). The van der Waals surface area contributed by atoms with Crippen LogP contribution in [-0.2, 0) is 19.2 Å². The van der Waals surface area contributed by atoms with Crippen molar-refractivity contribution in [3.8, 4) is 0 Å². The molecule has 7 nitrogen and oxygen atoms in total. The number of ketones is 1. The van der Waals surface area contributed by atoms with Crippen molar-refractivity contribution in [1.82, 2.24) is 15.5 Å². The van der Waals surface area contributed by atoms with E-state index < -0.39 is 0 Å². The number of carbonyl (C=O) groups excluding carboxylic acids is 4. The molecule has 0 aliphatic carbocycles. The first-order valence-corrected chi connectivity index (χ1v) is 8.07. The minimum atomic E-state index is -0.194. The van der Waals surface area contributed by atoms with Crippen molar-refractivity contribution in [2.24, 2.45) is 0 Å². The van der Waals surface area contributed by atoms with Crippen LogP contribution in [0.1, 0.15) is 53.4 Å². The highest BCUT2D eigenvalue weighted by atomic mass is 16.2. The van der Waals surface area contributed by atoms with Gasteiger partial charge in [-0.3, -0.25) is 19.2 Å². The molecular formula is C16H29N3O4. The average molecular weight is 327 g/mol. The molecule has 2 N–H and O–H groups in total. The number of hydrogen-bond acceptors (Lipinski definition) is 4. The summed E-state index contributed by atoms with van der Waals surface area (Å²) in [5.74, 6) is -0.357. The molecule has 0 heterocycles. The van der Waals surface area contributed by atoms with Gasteiger partial charge >= 0.3 is 0 Å². The van der Waals surface area contributed by atoms with Crippen molar-refractivity contribution in [2.45, 2.75) is 59.4 Å². The van der Waals surface area contributed by atoms with Gasteiger partial charge < -0.3 is 15.5 Å². The highest BCUT2D eigenvalue weighted by molar-refractivity contribution is 5.83. The summed E-state index contributed by atoms with van der Waals surface area (Å²) in [5, 5.41) is 5.51. The topological polar surface area (TPSA) is 95.6 Å². The molecule has 23 heavy (non-hydrogen) atoms. The predicted molar refractivity (Wildman–Crippen MR) is 87.7 cm³/mol. The van der Waals surface area contributed by atoms with Crippen molar-refractivity contribution in [3.63, 3.8) is 0 Å². The number of nitrogens with one attached hydrogen (secondary N) is 2. The maximum absolute atomic E-state index is 11.8. The van der Waals surface area contributed by atoms with Gasteiger partial charge in [-0.25, -0.2) is 0 Å². The van der Waals surface area contributed by atoms with E-state index >= 15 is 0 Å². The zero-order chi connectivity index (χ0) is 17.8. The minimum absolute atomic E-state index is 0.0494. The van der Waals surface area contributed by atoms with Crippen LogP contribution in [0.3, 0.4) is 0 Å². The number of hydrogen-bond donors (Lipinski definition) is 2. The number of amides is 3. The molecule has 0 saturated heterocycles. The van der Waals surface area contributed by atoms with Crippen LogP contribution in [0.15, 0.2) is 0 Å². The van der Waals surface area contributed by atoms with Crippen LogP contribution < -0.4 is 10.6 Å². The number of nitrogens with zero attached hydrogens (tertiary/aromatic N) is 1. The van der Waals surface area contributed by atoms with E-state index in [1.54, 1.807) is 0 Å². The van der Waals surface area contributed by atoms with Crippen molar-refractivity contribution < 1.29 is 19.2 Å². The van der Waals surface area contributed by atoms with Gasteiger partial charge in [0.2, 0.25) is 17.7 Å². The maximum atomic E-state index is 11.8. The fourth-order valence-electron chi connectivity index (χ4n) is 2.05. The van der Waals surface area contributed by atoms with Gasteiger partial charge in [-0.15, -0.1) is 0 Å². The lowest BCUT2D eigenvalue weighted by Crippen LogP contribution is -2.42. The van der Waals surface area contributed by atoms with Gasteiger partial charge in [0.05, 0.1) is 6.54 Å². The number of rotatable bonds is 11. The zero-order valence-corrected chi connectivity index (χ0v) is 14.6. The van der Waals surface area contributed by atoms with Gasteiger partial charge in [-0.2, -0.15) is 0 Å². The summed E-state index contributed by atoms with van der Waals surface area (Å²) in [4.78, 5) is 46.8. The first kappa shape index (κ1) is 21.1. The molecule has 0 aromatic carbocycles. The van der Waals surface area contributed by atoms with Crippen LogP contribution in [0.25, 0.3) is 0 Å². The smallest absolute Gasteiger partial charge is 0.239 e. The highest BCUT2D eigenvalue weighted by Crippen LogP contribution is 2.01. The van der Waals surface area contributed by atoms with E-state index in [0.717, 1.165) is 0 Å². The Labute approximate surface area is 138 Å². The molecule has 0 spiro atoms. The molecule has 0 rings (SSSR count). The Kier molecular flexibility index (Phi) is 10.7. The van der Waals surface area contributed by atoms with Gasteiger partial charge in [-0.05, 0) is 33.6 Å². The van der Waals surface area contributed by atoms with E-state index in [9.17, 15) is 19.2 Å². The summed E-state index contributed by atoms with van der Waals surface area (Å²) < 4.78 is 0. The molecule has 1 atom stereocenters. The van der Waals surface area contributed by atoms with Gasteiger partial charge in [0, 0.05) is 38.9 Å². The van der Waals surface area contributed by atoms with Crippen LogP contribution in [0.2, 0.25) is 0 Å². The predicted octanol–water partition coefficient (Wildman–Crippen LogP) is 0.625. The first-order valence-electron chi connectivity index (χ1n) is 8.07. The molecule has 0 aromatic rings. The zero-order valence-electron chi connectivity index (χ0n) is 14.6. The van der Waals surface area contributed by atoms with Gasteiger partial charge in [-0.1, -0.05) is 0 Å². The fraction of sp³-hybridized carbons (Fsp3) is 0.750. The Bertz CT molecular complexity index is 424. The molecule has 0 saturated carbocycles. The molecule has 0 aliphatic heterocycles. The van der Waals surface area contributed by atoms with Crippen LogP contribution in [0, 0.1) is 0 Å². The maximum Gasteiger partial charge on any atom is 0.239 e. The molecule has 132 valence electrons. The Morgan fingerprint density at radius 1 is 1.04 bits per heavy atom. The molecule has 0 aromatic heterocycles. The van der Waals surface area contributed by atoms with E-state index in [1.807, 2.05) is 13.8 Å². The molecule has 0 bridgehead atoms. The van der Waals surface area contributed by atoms with Crippen LogP contribution in [-0.4, -0.2) is 54.1 Å². The molecular weight excluding hydrogens is 298 g/mol. The Hall–Kier alpha value is -1.92. The molecule has 3 amide bonds. The summed E-state index contributed by atoms with van der Waals surface area (Å²) in [6, 6.07) is -0.0572. The summed E-state index contributed by atoms with van der Waals surface area (Å²) >= 11 is 0.